The average molecular weight is 484 g/mol. The highest BCUT2D eigenvalue weighted by Gasteiger charge is 2.39. The third kappa shape index (κ3) is 4.16. The first-order valence-electron chi connectivity index (χ1n) is 9.87. The van der Waals surface area contributed by atoms with E-state index in [0.717, 1.165) is 11.3 Å². The highest BCUT2D eigenvalue weighted by Crippen LogP contribution is 2.36. The van der Waals surface area contributed by atoms with Crippen LogP contribution in [0.3, 0.4) is 0 Å². The third-order valence-electron chi connectivity index (χ3n) is 5.45. The fourth-order valence-corrected chi connectivity index (χ4v) is 5.64. The van der Waals surface area contributed by atoms with E-state index in [9.17, 15) is 22.8 Å². The Labute approximate surface area is 189 Å². The standard InChI is InChI=1S/C20H20F3N5O2S2/c1-9-10(2)32-19(15(9)17(24)29)26-18(30)12-8-31-14(25-12)7-28-13-6-4-3-5-11(13)16(27-28)20(21,22)23/h8H,3-7H2,1-2H3,(H2,24,29)(H,26,30). The molecular formula is C20H20F3N5O2S2. The molecular weight excluding hydrogens is 463 g/mol. The van der Waals surface area contributed by atoms with Gasteiger partial charge < -0.3 is 11.1 Å². The van der Waals surface area contributed by atoms with Crippen LogP contribution in [0.1, 0.15) is 66.1 Å². The van der Waals surface area contributed by atoms with Gasteiger partial charge in [0.1, 0.15) is 15.7 Å². The predicted octanol–water partition coefficient (Wildman–Crippen LogP) is 4.32. The Balaban J connectivity index is 1.56. The summed E-state index contributed by atoms with van der Waals surface area (Å²) in [7, 11) is 0. The number of aromatic nitrogens is 3. The van der Waals surface area contributed by atoms with Gasteiger partial charge >= 0.3 is 6.18 Å². The fourth-order valence-electron chi connectivity index (χ4n) is 3.82. The lowest BCUT2D eigenvalue weighted by atomic mass is 9.95. The van der Waals surface area contributed by atoms with E-state index < -0.39 is 23.7 Å². The number of nitrogens with one attached hydrogen (secondary N) is 1. The second kappa shape index (κ2) is 8.32. The Bertz CT molecular complexity index is 1210. The number of anilines is 1. The maximum atomic E-state index is 13.4. The van der Waals surface area contributed by atoms with E-state index >= 15 is 0 Å². The zero-order valence-corrected chi connectivity index (χ0v) is 18.9. The van der Waals surface area contributed by atoms with Crippen LogP contribution in [0.5, 0.6) is 0 Å². The maximum absolute atomic E-state index is 13.4. The molecule has 12 heteroatoms. The Kier molecular flexibility index (Phi) is 5.84. The van der Waals surface area contributed by atoms with Gasteiger partial charge in [-0.2, -0.15) is 18.3 Å². The number of primary amides is 1. The lowest BCUT2D eigenvalue weighted by Gasteiger charge is -2.14. The number of amides is 2. The van der Waals surface area contributed by atoms with E-state index in [1.807, 2.05) is 6.92 Å². The van der Waals surface area contributed by atoms with Gasteiger partial charge in [0.15, 0.2) is 5.69 Å². The van der Waals surface area contributed by atoms with Crippen LogP contribution < -0.4 is 11.1 Å². The van der Waals surface area contributed by atoms with Crippen molar-refractivity contribution in [3.63, 3.8) is 0 Å². The number of aryl methyl sites for hydroxylation is 1. The van der Waals surface area contributed by atoms with Gasteiger partial charge in [0.05, 0.1) is 12.1 Å². The fraction of sp³-hybridized carbons (Fsp3) is 0.400. The molecule has 0 bridgehead atoms. The van der Waals surface area contributed by atoms with E-state index in [-0.39, 0.29) is 23.4 Å². The topological polar surface area (TPSA) is 103 Å². The van der Waals surface area contributed by atoms with Crippen molar-refractivity contribution in [1.82, 2.24) is 14.8 Å². The smallest absolute Gasteiger partial charge is 0.365 e. The molecule has 0 atom stereocenters. The zero-order chi connectivity index (χ0) is 23.2. The van der Waals surface area contributed by atoms with Crippen LogP contribution in [-0.2, 0) is 25.6 Å². The van der Waals surface area contributed by atoms with E-state index in [4.69, 9.17) is 5.73 Å². The molecule has 0 aliphatic heterocycles. The van der Waals surface area contributed by atoms with Gasteiger partial charge in [-0.25, -0.2) is 4.98 Å². The minimum Gasteiger partial charge on any atom is -0.365 e. The molecule has 3 aromatic heterocycles. The van der Waals surface area contributed by atoms with E-state index in [1.165, 1.54) is 32.7 Å². The minimum absolute atomic E-state index is 0.0557. The monoisotopic (exact) mass is 483 g/mol. The number of hydrogen-bond acceptors (Lipinski definition) is 6. The van der Waals surface area contributed by atoms with Crippen LogP contribution in [0.25, 0.3) is 0 Å². The highest BCUT2D eigenvalue weighted by molar-refractivity contribution is 7.17. The van der Waals surface area contributed by atoms with E-state index in [2.05, 4.69) is 15.4 Å². The molecule has 3 N–H and O–H groups in total. The molecule has 4 rings (SSSR count). The van der Waals surface area contributed by atoms with Crippen LogP contribution in [0.15, 0.2) is 5.38 Å². The molecule has 0 aromatic carbocycles. The molecule has 170 valence electrons. The molecule has 0 unspecified atom stereocenters. The summed E-state index contributed by atoms with van der Waals surface area (Å²) in [6.45, 7) is 3.63. The van der Waals surface area contributed by atoms with Gasteiger partial charge in [0.25, 0.3) is 11.8 Å². The van der Waals surface area contributed by atoms with E-state index in [0.29, 0.717) is 40.5 Å². The second-order valence-electron chi connectivity index (χ2n) is 7.57. The van der Waals surface area contributed by atoms with Gasteiger partial charge in [-0.3, -0.25) is 14.3 Å². The van der Waals surface area contributed by atoms with Crippen molar-refractivity contribution >= 4 is 39.5 Å². The van der Waals surface area contributed by atoms with Gasteiger partial charge in [-0.1, -0.05) is 0 Å². The number of thiazole rings is 1. The van der Waals surface area contributed by atoms with Crippen LogP contribution >= 0.6 is 22.7 Å². The summed E-state index contributed by atoms with van der Waals surface area (Å²) >= 11 is 2.41. The molecule has 3 aromatic rings. The van der Waals surface area contributed by atoms with Gasteiger partial charge in [0, 0.05) is 21.5 Å². The number of alkyl halides is 3. The summed E-state index contributed by atoms with van der Waals surface area (Å²) in [5.41, 5.74) is 6.54. The number of nitrogens with two attached hydrogens (primary N) is 1. The molecule has 0 radical (unpaired) electrons. The molecule has 0 fully saturated rings. The lowest BCUT2D eigenvalue weighted by Crippen LogP contribution is -2.17. The summed E-state index contributed by atoms with van der Waals surface area (Å²) in [6, 6.07) is 0. The van der Waals surface area contributed by atoms with Crippen molar-refractivity contribution in [2.45, 2.75) is 52.3 Å². The minimum atomic E-state index is -4.50. The Morgan fingerprint density at radius 1 is 1.25 bits per heavy atom. The number of halogens is 3. The summed E-state index contributed by atoms with van der Waals surface area (Å²) in [5, 5.41) is 8.85. The number of nitrogens with zero attached hydrogens (tertiary/aromatic N) is 3. The first kappa shape index (κ1) is 22.5. The van der Waals surface area contributed by atoms with Gasteiger partial charge in [-0.05, 0) is 45.1 Å². The van der Waals surface area contributed by atoms with Crippen LogP contribution in [0.2, 0.25) is 0 Å². The molecule has 32 heavy (non-hydrogen) atoms. The Morgan fingerprint density at radius 2 is 1.97 bits per heavy atom. The number of fused-ring (bicyclic) bond motifs is 1. The van der Waals surface area contributed by atoms with Crippen molar-refractivity contribution in [2.75, 3.05) is 5.32 Å². The van der Waals surface area contributed by atoms with Crippen LogP contribution in [-0.4, -0.2) is 26.6 Å². The average Bonchev–Trinajstić information content (AvgIpc) is 3.39. The number of carbonyl (C=O) groups excluding carboxylic acids is 2. The van der Waals surface area contributed by atoms with Crippen molar-refractivity contribution in [1.29, 1.82) is 0 Å². The SMILES string of the molecule is Cc1sc(NC(=O)c2csc(Cn3nc(C(F)(F)F)c4c3CCCC4)n2)c(C(N)=O)c1C. The molecule has 0 spiro atoms. The number of carbonyl (C=O) groups is 2. The molecule has 0 saturated carbocycles. The van der Waals surface area contributed by atoms with Crippen molar-refractivity contribution in [3.8, 4) is 0 Å². The largest absolute Gasteiger partial charge is 0.435 e. The first-order valence-corrected chi connectivity index (χ1v) is 11.6. The first-order chi connectivity index (χ1) is 15.1. The zero-order valence-electron chi connectivity index (χ0n) is 17.3. The lowest BCUT2D eigenvalue weighted by molar-refractivity contribution is -0.142. The summed E-state index contributed by atoms with van der Waals surface area (Å²) in [6.07, 6.45) is -2.10. The van der Waals surface area contributed by atoms with Crippen LogP contribution in [0.4, 0.5) is 18.2 Å². The van der Waals surface area contributed by atoms with Crippen molar-refractivity contribution < 1.29 is 22.8 Å². The van der Waals surface area contributed by atoms with Gasteiger partial charge in [-0.15, -0.1) is 22.7 Å². The number of hydrogen-bond donors (Lipinski definition) is 2. The van der Waals surface area contributed by atoms with Crippen molar-refractivity contribution in [2.24, 2.45) is 5.73 Å². The molecule has 1 aliphatic carbocycles. The predicted molar refractivity (Wildman–Crippen MR) is 115 cm³/mol. The van der Waals surface area contributed by atoms with Crippen LogP contribution in [0, 0.1) is 13.8 Å². The quantitative estimate of drug-likeness (QED) is 0.564. The Hall–Kier alpha value is -2.73. The summed E-state index contributed by atoms with van der Waals surface area (Å²) < 4.78 is 41.5. The molecule has 3 heterocycles. The number of rotatable bonds is 5. The maximum Gasteiger partial charge on any atom is 0.435 e. The third-order valence-corrected chi connectivity index (χ3v) is 7.41. The molecule has 2 amide bonds. The molecule has 1 aliphatic rings. The van der Waals surface area contributed by atoms with E-state index in [1.54, 1.807) is 6.92 Å². The van der Waals surface area contributed by atoms with Gasteiger partial charge in [0.2, 0.25) is 0 Å². The van der Waals surface area contributed by atoms with Crippen molar-refractivity contribution in [3.05, 3.63) is 49.0 Å². The molecule has 7 nitrogen and oxygen atoms in total. The summed E-state index contributed by atoms with van der Waals surface area (Å²) in [5.74, 6) is -1.15. The number of thiophene rings is 1. The second-order valence-corrected chi connectivity index (χ2v) is 9.74. The summed E-state index contributed by atoms with van der Waals surface area (Å²) in [4.78, 5) is 29.5. The normalized spacial score (nSPS) is 13.8. The molecule has 0 saturated heterocycles. The highest BCUT2D eigenvalue weighted by atomic mass is 32.1. The Morgan fingerprint density at radius 3 is 2.66 bits per heavy atom.